The van der Waals surface area contributed by atoms with Gasteiger partial charge < -0.3 is 4.90 Å². The number of hydrogen-bond acceptors (Lipinski definition) is 3. The predicted octanol–water partition coefficient (Wildman–Crippen LogP) is 1.07. The Bertz CT molecular complexity index is 160. The lowest BCUT2D eigenvalue weighted by Crippen LogP contribution is -2.31. The number of thiocyanates is 1. The van der Waals surface area contributed by atoms with Gasteiger partial charge in [0.15, 0.2) is 0 Å². The highest BCUT2D eigenvalue weighted by Gasteiger charge is 2.07. The Labute approximate surface area is 71.4 Å². The third-order valence-corrected chi connectivity index (χ3v) is 1.90. The molecule has 11 heavy (non-hydrogen) atoms. The van der Waals surface area contributed by atoms with Gasteiger partial charge in [0, 0.05) is 13.1 Å². The lowest BCUT2D eigenvalue weighted by molar-refractivity contribution is -0.127. The molecule has 0 aliphatic heterocycles. The Morgan fingerprint density at radius 1 is 1.55 bits per heavy atom. The Morgan fingerprint density at radius 3 is 2.45 bits per heavy atom. The van der Waals surface area contributed by atoms with E-state index in [9.17, 15) is 4.79 Å². The van der Waals surface area contributed by atoms with E-state index in [1.54, 1.807) is 4.90 Å². The summed E-state index contributed by atoms with van der Waals surface area (Å²) >= 11 is 0.990. The lowest BCUT2D eigenvalue weighted by Gasteiger charge is -2.16. The van der Waals surface area contributed by atoms with Crippen molar-refractivity contribution in [3.63, 3.8) is 0 Å². The number of nitriles is 1. The van der Waals surface area contributed by atoms with Crippen LogP contribution < -0.4 is 0 Å². The average Bonchev–Trinajstić information content (AvgIpc) is 2.03. The largest absolute Gasteiger partial charge is 0.343 e. The zero-order valence-electron chi connectivity index (χ0n) is 6.83. The van der Waals surface area contributed by atoms with Crippen LogP contribution in [-0.4, -0.2) is 29.6 Å². The molecular formula is C7H12N2OS. The molecule has 62 valence electrons. The van der Waals surface area contributed by atoms with Crippen LogP contribution in [0.2, 0.25) is 0 Å². The fourth-order valence-corrected chi connectivity index (χ4v) is 1.13. The Kier molecular flexibility index (Phi) is 5.67. The summed E-state index contributed by atoms with van der Waals surface area (Å²) in [5, 5.41) is 10.1. The van der Waals surface area contributed by atoms with Crippen LogP contribution in [0.4, 0.5) is 0 Å². The van der Waals surface area contributed by atoms with E-state index in [0.717, 1.165) is 24.9 Å². The minimum Gasteiger partial charge on any atom is -0.343 e. The van der Waals surface area contributed by atoms with Crippen molar-refractivity contribution in [3.05, 3.63) is 0 Å². The van der Waals surface area contributed by atoms with Gasteiger partial charge in [-0.25, -0.2) is 0 Å². The van der Waals surface area contributed by atoms with Gasteiger partial charge in [-0.3, -0.25) is 4.79 Å². The minimum atomic E-state index is 0.0431. The zero-order chi connectivity index (χ0) is 8.69. The molecule has 0 aliphatic rings. The van der Waals surface area contributed by atoms with E-state index in [1.165, 1.54) is 0 Å². The number of amides is 1. The first kappa shape index (κ1) is 10.3. The standard InChI is InChI=1S/C7H12N2OS/c1-3-9(4-2)7(10)5-11-6-8/h3-5H2,1-2H3. The third-order valence-electron chi connectivity index (χ3n) is 1.38. The molecule has 0 rings (SSSR count). The monoisotopic (exact) mass is 172 g/mol. The van der Waals surface area contributed by atoms with Crippen LogP contribution in [0, 0.1) is 10.7 Å². The molecule has 0 atom stereocenters. The molecule has 0 saturated carbocycles. The van der Waals surface area contributed by atoms with Crippen molar-refractivity contribution in [2.45, 2.75) is 13.8 Å². The Hall–Kier alpha value is -0.690. The van der Waals surface area contributed by atoms with Gasteiger partial charge >= 0.3 is 0 Å². The maximum Gasteiger partial charge on any atom is 0.233 e. The van der Waals surface area contributed by atoms with Gasteiger partial charge in [-0.1, -0.05) is 0 Å². The van der Waals surface area contributed by atoms with Crippen molar-refractivity contribution in [2.24, 2.45) is 0 Å². The molecule has 0 radical (unpaired) electrons. The first-order valence-electron chi connectivity index (χ1n) is 3.54. The molecule has 0 N–H and O–H groups in total. The maximum absolute atomic E-state index is 11.1. The molecule has 0 aliphatic carbocycles. The SMILES string of the molecule is CCN(CC)C(=O)CSC#N. The molecule has 0 aromatic rings. The second-order valence-corrected chi connectivity index (χ2v) is 2.71. The fraction of sp³-hybridized carbons (Fsp3) is 0.714. The molecule has 0 unspecified atom stereocenters. The van der Waals surface area contributed by atoms with E-state index in [2.05, 4.69) is 0 Å². The van der Waals surface area contributed by atoms with Gasteiger partial charge in [0.1, 0.15) is 5.40 Å². The summed E-state index contributed by atoms with van der Waals surface area (Å²) in [6.07, 6.45) is 0. The van der Waals surface area contributed by atoms with Crippen LogP contribution in [-0.2, 0) is 4.79 Å². The van der Waals surface area contributed by atoms with Crippen molar-refractivity contribution < 1.29 is 4.79 Å². The molecule has 0 spiro atoms. The van der Waals surface area contributed by atoms with Crippen LogP contribution in [0.5, 0.6) is 0 Å². The fourth-order valence-electron chi connectivity index (χ4n) is 0.762. The van der Waals surface area contributed by atoms with E-state index in [1.807, 2.05) is 19.2 Å². The van der Waals surface area contributed by atoms with E-state index >= 15 is 0 Å². The number of carbonyl (C=O) groups is 1. The Balaban J connectivity index is 3.72. The molecule has 0 heterocycles. The van der Waals surface area contributed by atoms with E-state index in [4.69, 9.17) is 5.26 Å². The topological polar surface area (TPSA) is 44.1 Å². The first-order valence-corrected chi connectivity index (χ1v) is 4.53. The summed E-state index contributed by atoms with van der Waals surface area (Å²) in [5.74, 6) is 0.319. The van der Waals surface area contributed by atoms with Gasteiger partial charge in [-0.2, -0.15) is 5.26 Å². The number of thioether (sulfide) groups is 1. The van der Waals surface area contributed by atoms with Crippen LogP contribution in [0.25, 0.3) is 0 Å². The summed E-state index contributed by atoms with van der Waals surface area (Å²) in [6, 6.07) is 0. The van der Waals surface area contributed by atoms with Crippen molar-refractivity contribution in [2.75, 3.05) is 18.8 Å². The predicted molar refractivity (Wildman–Crippen MR) is 46.0 cm³/mol. The van der Waals surface area contributed by atoms with E-state index in [0.29, 0.717) is 0 Å². The minimum absolute atomic E-state index is 0.0431. The molecule has 1 amide bonds. The number of rotatable bonds is 4. The van der Waals surface area contributed by atoms with Gasteiger partial charge in [-0.15, -0.1) is 0 Å². The smallest absolute Gasteiger partial charge is 0.233 e. The zero-order valence-corrected chi connectivity index (χ0v) is 7.65. The lowest BCUT2D eigenvalue weighted by atomic mass is 10.5. The van der Waals surface area contributed by atoms with Crippen molar-refractivity contribution in [1.29, 1.82) is 5.26 Å². The number of hydrogen-bond donors (Lipinski definition) is 0. The quantitative estimate of drug-likeness (QED) is 0.596. The summed E-state index contributed by atoms with van der Waals surface area (Å²) in [6.45, 7) is 5.31. The Morgan fingerprint density at radius 2 is 2.09 bits per heavy atom. The van der Waals surface area contributed by atoms with E-state index < -0.39 is 0 Å². The third kappa shape index (κ3) is 3.89. The molecule has 0 aromatic heterocycles. The molecule has 0 bridgehead atoms. The normalized spacial score (nSPS) is 8.82. The molecule has 0 fully saturated rings. The molecular weight excluding hydrogens is 160 g/mol. The first-order chi connectivity index (χ1) is 5.26. The van der Waals surface area contributed by atoms with Gasteiger partial charge in [0.2, 0.25) is 5.91 Å². The van der Waals surface area contributed by atoms with Gasteiger partial charge in [-0.05, 0) is 25.6 Å². The molecule has 0 saturated heterocycles. The highest BCUT2D eigenvalue weighted by Crippen LogP contribution is 1.99. The summed E-state index contributed by atoms with van der Waals surface area (Å²) < 4.78 is 0. The molecule has 4 heteroatoms. The number of nitrogens with zero attached hydrogens (tertiary/aromatic N) is 2. The summed E-state index contributed by atoms with van der Waals surface area (Å²) in [4.78, 5) is 12.8. The van der Waals surface area contributed by atoms with Gasteiger partial charge in [0.05, 0.1) is 5.75 Å². The van der Waals surface area contributed by atoms with Gasteiger partial charge in [0.25, 0.3) is 0 Å². The van der Waals surface area contributed by atoms with Crippen LogP contribution in [0.1, 0.15) is 13.8 Å². The second-order valence-electron chi connectivity index (χ2n) is 1.95. The summed E-state index contributed by atoms with van der Waals surface area (Å²) in [7, 11) is 0. The van der Waals surface area contributed by atoms with Crippen molar-refractivity contribution in [1.82, 2.24) is 4.90 Å². The highest BCUT2D eigenvalue weighted by molar-refractivity contribution is 8.04. The highest BCUT2D eigenvalue weighted by atomic mass is 32.2. The number of carbonyl (C=O) groups excluding carboxylic acids is 1. The van der Waals surface area contributed by atoms with Crippen molar-refractivity contribution >= 4 is 17.7 Å². The van der Waals surface area contributed by atoms with Crippen molar-refractivity contribution in [3.8, 4) is 5.40 Å². The molecule has 0 aromatic carbocycles. The maximum atomic E-state index is 11.1. The van der Waals surface area contributed by atoms with Crippen LogP contribution in [0.15, 0.2) is 0 Å². The van der Waals surface area contributed by atoms with E-state index in [-0.39, 0.29) is 11.7 Å². The van der Waals surface area contributed by atoms with Crippen LogP contribution >= 0.6 is 11.8 Å². The average molecular weight is 172 g/mol. The second kappa shape index (κ2) is 6.05. The summed E-state index contributed by atoms with van der Waals surface area (Å²) in [5.41, 5.74) is 0. The molecule has 3 nitrogen and oxygen atoms in total. The van der Waals surface area contributed by atoms with Crippen LogP contribution in [0.3, 0.4) is 0 Å².